The number of hydrogen-bond acceptors (Lipinski definition) is 4. The van der Waals surface area contributed by atoms with Gasteiger partial charge in [0.1, 0.15) is 12.3 Å². The highest BCUT2D eigenvalue weighted by Crippen LogP contribution is 2.36. The van der Waals surface area contributed by atoms with E-state index in [1.807, 2.05) is 18.2 Å². The molecule has 1 aromatic rings. The summed E-state index contributed by atoms with van der Waals surface area (Å²) in [6.45, 7) is 7.39. The Kier molecular flexibility index (Phi) is 5.83. The van der Waals surface area contributed by atoms with Gasteiger partial charge in [0.25, 0.3) is 5.91 Å². The molecule has 0 saturated carbocycles. The lowest BCUT2D eigenvalue weighted by molar-refractivity contribution is -0.125. The molecule has 24 heavy (non-hydrogen) atoms. The number of carbonyl (C=O) groups excluding carboxylic acids is 2. The number of amides is 2. The van der Waals surface area contributed by atoms with E-state index in [1.165, 1.54) is 4.90 Å². The van der Waals surface area contributed by atoms with E-state index in [0.29, 0.717) is 24.6 Å². The van der Waals surface area contributed by atoms with E-state index in [-0.39, 0.29) is 30.4 Å². The maximum atomic E-state index is 12.2. The SMILES string of the molecule is COCCCNC(=O)CN1C(=O)COc2ccc(C(C)(C)C)cc21. The van der Waals surface area contributed by atoms with Gasteiger partial charge in [-0.2, -0.15) is 0 Å². The fourth-order valence-corrected chi connectivity index (χ4v) is 2.49. The van der Waals surface area contributed by atoms with E-state index in [4.69, 9.17) is 9.47 Å². The molecule has 0 fully saturated rings. The van der Waals surface area contributed by atoms with Gasteiger partial charge in [0.05, 0.1) is 5.69 Å². The van der Waals surface area contributed by atoms with Gasteiger partial charge in [-0.3, -0.25) is 14.5 Å². The number of ether oxygens (including phenoxy) is 2. The lowest BCUT2D eigenvalue weighted by atomic mass is 9.86. The highest BCUT2D eigenvalue weighted by Gasteiger charge is 2.28. The van der Waals surface area contributed by atoms with Crippen molar-refractivity contribution in [1.82, 2.24) is 5.32 Å². The van der Waals surface area contributed by atoms with Crippen molar-refractivity contribution in [3.63, 3.8) is 0 Å². The van der Waals surface area contributed by atoms with Gasteiger partial charge in [-0.15, -0.1) is 0 Å². The van der Waals surface area contributed by atoms with Crippen LogP contribution >= 0.6 is 0 Å². The second-order valence-electron chi connectivity index (χ2n) is 6.90. The first kappa shape index (κ1) is 18.3. The standard InChI is InChI=1S/C18H26N2O4/c1-18(2,3)13-6-7-15-14(10-13)20(17(22)12-24-15)11-16(21)19-8-5-9-23-4/h6-7,10H,5,8-9,11-12H2,1-4H3,(H,19,21). The second kappa shape index (κ2) is 7.66. The molecule has 0 unspecified atom stereocenters. The van der Waals surface area contributed by atoms with Crippen LogP contribution in [0.5, 0.6) is 5.75 Å². The number of rotatable bonds is 6. The summed E-state index contributed by atoms with van der Waals surface area (Å²) in [6.07, 6.45) is 0.740. The third kappa shape index (κ3) is 4.47. The van der Waals surface area contributed by atoms with Crippen LogP contribution < -0.4 is 15.0 Å². The molecule has 2 amide bonds. The van der Waals surface area contributed by atoms with E-state index in [9.17, 15) is 9.59 Å². The number of benzene rings is 1. The Labute approximate surface area is 143 Å². The van der Waals surface area contributed by atoms with E-state index < -0.39 is 0 Å². The molecular formula is C18H26N2O4. The van der Waals surface area contributed by atoms with Crippen molar-refractivity contribution in [2.24, 2.45) is 0 Å². The Morgan fingerprint density at radius 2 is 2.12 bits per heavy atom. The molecule has 6 nitrogen and oxygen atoms in total. The summed E-state index contributed by atoms with van der Waals surface area (Å²) in [7, 11) is 1.62. The summed E-state index contributed by atoms with van der Waals surface area (Å²) in [5.41, 5.74) is 1.69. The van der Waals surface area contributed by atoms with Gasteiger partial charge in [0.2, 0.25) is 5.91 Å². The number of anilines is 1. The van der Waals surface area contributed by atoms with Crippen molar-refractivity contribution < 1.29 is 19.1 Å². The molecular weight excluding hydrogens is 308 g/mol. The average molecular weight is 334 g/mol. The largest absolute Gasteiger partial charge is 0.482 e. The summed E-state index contributed by atoms with van der Waals surface area (Å²) in [4.78, 5) is 25.9. The molecule has 132 valence electrons. The molecule has 0 bridgehead atoms. The number of nitrogens with zero attached hydrogens (tertiary/aromatic N) is 1. The fourth-order valence-electron chi connectivity index (χ4n) is 2.49. The average Bonchev–Trinajstić information content (AvgIpc) is 2.53. The molecule has 1 heterocycles. The first-order valence-electron chi connectivity index (χ1n) is 8.16. The van der Waals surface area contributed by atoms with Crippen LogP contribution in [-0.2, 0) is 19.7 Å². The number of nitrogens with one attached hydrogen (secondary N) is 1. The van der Waals surface area contributed by atoms with E-state index in [1.54, 1.807) is 7.11 Å². The molecule has 1 N–H and O–H groups in total. The summed E-state index contributed by atoms with van der Waals surface area (Å²) in [6, 6.07) is 5.80. The topological polar surface area (TPSA) is 67.9 Å². The summed E-state index contributed by atoms with van der Waals surface area (Å²) in [5.74, 6) is 0.240. The van der Waals surface area contributed by atoms with Crippen molar-refractivity contribution in [2.45, 2.75) is 32.6 Å². The van der Waals surface area contributed by atoms with Crippen molar-refractivity contribution in [2.75, 3.05) is 38.3 Å². The minimum Gasteiger partial charge on any atom is -0.482 e. The summed E-state index contributed by atoms with van der Waals surface area (Å²) in [5, 5.41) is 2.81. The molecule has 0 radical (unpaired) electrons. The quantitative estimate of drug-likeness (QED) is 0.807. The zero-order valence-corrected chi connectivity index (χ0v) is 14.8. The van der Waals surface area contributed by atoms with Crippen molar-refractivity contribution in [3.8, 4) is 5.75 Å². The minimum atomic E-state index is -0.208. The third-order valence-corrected chi connectivity index (χ3v) is 3.92. The van der Waals surface area contributed by atoms with Crippen molar-refractivity contribution >= 4 is 17.5 Å². The minimum absolute atomic E-state index is 0.00419. The van der Waals surface area contributed by atoms with E-state index in [0.717, 1.165) is 12.0 Å². The number of fused-ring (bicyclic) bond motifs is 1. The highest BCUT2D eigenvalue weighted by molar-refractivity contribution is 6.02. The van der Waals surface area contributed by atoms with Crippen molar-refractivity contribution in [3.05, 3.63) is 23.8 Å². The summed E-state index contributed by atoms with van der Waals surface area (Å²) < 4.78 is 10.4. The molecule has 0 atom stereocenters. The van der Waals surface area contributed by atoms with Crippen LogP contribution in [0.2, 0.25) is 0 Å². The molecule has 0 saturated heterocycles. The zero-order valence-electron chi connectivity index (χ0n) is 14.8. The Hall–Kier alpha value is -2.08. The maximum absolute atomic E-state index is 12.2. The van der Waals surface area contributed by atoms with Gasteiger partial charge in [-0.25, -0.2) is 0 Å². The molecule has 6 heteroatoms. The van der Waals surface area contributed by atoms with E-state index in [2.05, 4.69) is 26.1 Å². The van der Waals surface area contributed by atoms with Crippen LogP contribution in [-0.4, -0.2) is 45.2 Å². The van der Waals surface area contributed by atoms with Gasteiger partial charge in [0, 0.05) is 20.3 Å². The lowest BCUT2D eigenvalue weighted by Crippen LogP contribution is -2.45. The number of carbonyl (C=O) groups is 2. The predicted molar refractivity (Wildman–Crippen MR) is 92.5 cm³/mol. The summed E-state index contributed by atoms with van der Waals surface area (Å²) >= 11 is 0. The molecule has 1 aliphatic rings. The Balaban J connectivity index is 2.13. The highest BCUT2D eigenvalue weighted by atomic mass is 16.5. The second-order valence-corrected chi connectivity index (χ2v) is 6.90. The molecule has 2 rings (SSSR count). The Bertz CT molecular complexity index is 608. The smallest absolute Gasteiger partial charge is 0.265 e. The predicted octanol–water partition coefficient (Wildman–Crippen LogP) is 1.86. The maximum Gasteiger partial charge on any atom is 0.265 e. The molecule has 1 aromatic carbocycles. The molecule has 1 aliphatic heterocycles. The van der Waals surface area contributed by atoms with Crippen molar-refractivity contribution in [1.29, 1.82) is 0 Å². The van der Waals surface area contributed by atoms with Gasteiger partial charge < -0.3 is 14.8 Å². The zero-order chi connectivity index (χ0) is 17.7. The van der Waals surface area contributed by atoms with Gasteiger partial charge in [0.15, 0.2) is 6.61 Å². The van der Waals surface area contributed by atoms with Gasteiger partial charge >= 0.3 is 0 Å². The Morgan fingerprint density at radius 3 is 2.79 bits per heavy atom. The fraction of sp³-hybridized carbons (Fsp3) is 0.556. The third-order valence-electron chi connectivity index (χ3n) is 3.92. The normalized spacial score (nSPS) is 14.2. The van der Waals surface area contributed by atoms with Crippen LogP contribution in [0.25, 0.3) is 0 Å². The number of hydrogen-bond donors (Lipinski definition) is 1. The lowest BCUT2D eigenvalue weighted by Gasteiger charge is -2.31. The Morgan fingerprint density at radius 1 is 1.38 bits per heavy atom. The molecule has 0 aromatic heterocycles. The van der Waals surface area contributed by atoms with Crippen LogP contribution in [0.1, 0.15) is 32.8 Å². The first-order valence-corrected chi connectivity index (χ1v) is 8.16. The number of methoxy groups -OCH3 is 1. The molecule has 0 aliphatic carbocycles. The van der Waals surface area contributed by atoms with E-state index >= 15 is 0 Å². The monoisotopic (exact) mass is 334 g/mol. The first-order chi connectivity index (χ1) is 11.3. The van der Waals surface area contributed by atoms with Crippen LogP contribution in [0, 0.1) is 0 Å². The van der Waals surface area contributed by atoms with Crippen LogP contribution in [0.3, 0.4) is 0 Å². The van der Waals surface area contributed by atoms with Crippen LogP contribution in [0.15, 0.2) is 18.2 Å². The van der Waals surface area contributed by atoms with Gasteiger partial charge in [-0.05, 0) is 29.5 Å². The van der Waals surface area contributed by atoms with Crippen LogP contribution in [0.4, 0.5) is 5.69 Å². The molecule has 0 spiro atoms. The van der Waals surface area contributed by atoms with Gasteiger partial charge in [-0.1, -0.05) is 26.8 Å².